The normalized spacial score (nSPS) is 11.7. The monoisotopic (exact) mass is 586 g/mol. The van der Waals surface area contributed by atoms with Gasteiger partial charge in [-0.2, -0.15) is 0 Å². The van der Waals surface area contributed by atoms with Crippen LogP contribution in [0.2, 0.25) is 0 Å². The van der Waals surface area contributed by atoms with Crippen molar-refractivity contribution >= 4 is 55.5 Å². The average molecular weight is 587 g/mol. The second-order valence-corrected chi connectivity index (χ2v) is 9.36. The van der Waals surface area contributed by atoms with Gasteiger partial charge in [-0.05, 0) is 60.5 Å². The summed E-state index contributed by atoms with van der Waals surface area (Å²) >= 11 is 3.46. The van der Waals surface area contributed by atoms with E-state index in [1.807, 2.05) is 28.8 Å². The number of nitrogens with two attached hydrogens (primary N) is 1. The van der Waals surface area contributed by atoms with Gasteiger partial charge in [0, 0.05) is 21.6 Å². The number of imidazole rings is 1. The van der Waals surface area contributed by atoms with E-state index in [0.717, 1.165) is 10.0 Å². The predicted molar refractivity (Wildman–Crippen MR) is 139 cm³/mol. The quantitative estimate of drug-likeness (QED) is 0.236. The van der Waals surface area contributed by atoms with Crippen molar-refractivity contribution < 1.29 is 27.1 Å². The number of fused-ring (bicyclic) bond motifs is 2. The van der Waals surface area contributed by atoms with Gasteiger partial charge in [-0.1, -0.05) is 28.1 Å². The number of aryl methyl sites for hydroxylation is 1. The van der Waals surface area contributed by atoms with Crippen LogP contribution in [0.4, 0.5) is 24.8 Å². The molecule has 3 aromatic carbocycles. The molecule has 0 saturated heterocycles. The molecule has 0 atom stereocenters. The number of nitrogens with zero attached hydrogens (tertiary/aromatic N) is 2. The molecule has 1 amide bonds. The summed E-state index contributed by atoms with van der Waals surface area (Å²) in [5, 5.41) is 3.63. The molecule has 0 unspecified atom stereocenters. The number of rotatable bonds is 6. The van der Waals surface area contributed by atoms with E-state index < -0.39 is 17.9 Å². The van der Waals surface area contributed by atoms with Crippen LogP contribution in [-0.4, -0.2) is 21.8 Å². The first-order valence-corrected chi connectivity index (χ1v) is 11.9. The van der Waals surface area contributed by atoms with Gasteiger partial charge < -0.3 is 24.8 Å². The van der Waals surface area contributed by atoms with E-state index >= 15 is 0 Å². The van der Waals surface area contributed by atoms with E-state index in [9.17, 15) is 22.8 Å². The van der Waals surface area contributed by atoms with Crippen LogP contribution >= 0.6 is 15.9 Å². The van der Waals surface area contributed by atoms with Crippen LogP contribution in [0.3, 0.4) is 0 Å². The molecule has 0 fully saturated rings. The molecular formula is C26H18BrF3N4O4. The summed E-state index contributed by atoms with van der Waals surface area (Å²) < 4.78 is 49.7. The largest absolute Gasteiger partial charge is 0.573 e. The lowest BCUT2D eigenvalue weighted by molar-refractivity contribution is -0.274. The maximum absolute atomic E-state index is 12.5. The summed E-state index contributed by atoms with van der Waals surface area (Å²) in [6.07, 6.45) is -4.80. The highest BCUT2D eigenvalue weighted by atomic mass is 79.9. The number of nitrogens with one attached hydrogen (secondary N) is 1. The van der Waals surface area contributed by atoms with Crippen molar-refractivity contribution in [2.75, 3.05) is 5.32 Å². The molecule has 0 aliphatic carbocycles. The summed E-state index contributed by atoms with van der Waals surface area (Å²) in [5.74, 6) is -0.860. The van der Waals surface area contributed by atoms with Gasteiger partial charge in [0.15, 0.2) is 0 Å². The number of aromatic nitrogens is 2. The molecule has 0 aliphatic rings. The Morgan fingerprint density at radius 1 is 1.16 bits per heavy atom. The Balaban J connectivity index is 1.64. The van der Waals surface area contributed by atoms with Crippen molar-refractivity contribution in [3.8, 4) is 5.75 Å². The highest BCUT2D eigenvalue weighted by Crippen LogP contribution is 2.31. The Hall–Kier alpha value is -4.32. The maximum Gasteiger partial charge on any atom is 0.573 e. The van der Waals surface area contributed by atoms with Crippen LogP contribution in [0.15, 0.2) is 74.3 Å². The number of hydrogen-bond donors (Lipinski definition) is 2. The molecule has 8 nitrogen and oxygen atoms in total. The highest BCUT2D eigenvalue weighted by Gasteiger charge is 2.31. The third-order valence-corrected chi connectivity index (χ3v) is 6.35. The number of ether oxygens (including phenoxy) is 1. The molecule has 5 rings (SSSR count). The molecular weight excluding hydrogens is 569 g/mol. The second-order valence-electron chi connectivity index (χ2n) is 8.44. The van der Waals surface area contributed by atoms with E-state index in [-0.39, 0.29) is 16.9 Å². The first-order valence-electron chi connectivity index (χ1n) is 11.1. The summed E-state index contributed by atoms with van der Waals surface area (Å²) in [6, 6.07) is 16.2. The zero-order valence-corrected chi connectivity index (χ0v) is 21.2. The summed E-state index contributed by atoms with van der Waals surface area (Å²) in [6.45, 7) is 1.97. The molecule has 2 heterocycles. The fourth-order valence-corrected chi connectivity index (χ4v) is 4.64. The smallest absolute Gasteiger partial charge is 0.422 e. The van der Waals surface area contributed by atoms with Gasteiger partial charge in [-0.3, -0.25) is 4.79 Å². The van der Waals surface area contributed by atoms with Gasteiger partial charge in [0.25, 0.3) is 5.91 Å². The van der Waals surface area contributed by atoms with Gasteiger partial charge in [0.1, 0.15) is 16.9 Å². The molecule has 5 aromatic rings. The zero-order chi connectivity index (χ0) is 27.2. The molecule has 12 heteroatoms. The lowest BCUT2D eigenvalue weighted by Gasteiger charge is -2.13. The number of hydrogen-bond acceptors (Lipinski definition) is 6. The standard InChI is InChI=1S/C26H18BrF3N4O4/c1-13-18-10-19-20(11-21(18)37-24(36)22(13)23(31)35)34(12-14-3-2-4-15(27)9-14)25(33-19)32-16-5-7-17(8-6-16)38-26(28,29)30/h2-11H,12H2,1H3,(H2,31,35)(H,32,33). The van der Waals surface area contributed by atoms with Gasteiger partial charge in [-0.25, -0.2) is 9.78 Å². The van der Waals surface area contributed by atoms with Crippen molar-refractivity contribution in [1.82, 2.24) is 9.55 Å². The molecule has 0 bridgehead atoms. The van der Waals surface area contributed by atoms with Crippen LogP contribution in [0.1, 0.15) is 21.5 Å². The van der Waals surface area contributed by atoms with E-state index in [0.29, 0.717) is 40.2 Å². The summed E-state index contributed by atoms with van der Waals surface area (Å²) in [4.78, 5) is 28.9. The Labute approximate surface area is 221 Å². The molecule has 0 aliphatic heterocycles. The topological polar surface area (TPSA) is 112 Å². The molecule has 38 heavy (non-hydrogen) atoms. The fourth-order valence-electron chi connectivity index (χ4n) is 4.20. The van der Waals surface area contributed by atoms with Crippen LogP contribution in [0.5, 0.6) is 5.75 Å². The number of halogens is 4. The first kappa shape index (κ1) is 25.3. The predicted octanol–water partition coefficient (Wildman–Crippen LogP) is 6.00. The van der Waals surface area contributed by atoms with Crippen LogP contribution in [0, 0.1) is 6.92 Å². The minimum absolute atomic E-state index is 0.232. The number of carbonyl (C=O) groups is 1. The maximum atomic E-state index is 12.5. The molecule has 0 saturated carbocycles. The Morgan fingerprint density at radius 3 is 2.55 bits per heavy atom. The van der Waals surface area contributed by atoms with Crippen molar-refractivity contribution in [2.45, 2.75) is 19.8 Å². The van der Waals surface area contributed by atoms with Crippen molar-refractivity contribution in [1.29, 1.82) is 0 Å². The third-order valence-electron chi connectivity index (χ3n) is 5.86. The van der Waals surface area contributed by atoms with Gasteiger partial charge in [0.2, 0.25) is 5.95 Å². The molecule has 0 radical (unpaired) electrons. The molecule has 2 aromatic heterocycles. The van der Waals surface area contributed by atoms with Crippen molar-refractivity contribution in [3.63, 3.8) is 0 Å². The SMILES string of the molecule is Cc1c(C(N)=O)c(=O)oc2cc3c(cc12)nc(Nc1ccc(OC(F)(F)F)cc1)n3Cc1cccc(Br)c1. The summed E-state index contributed by atoms with van der Waals surface area (Å²) in [5.41, 5.74) is 7.47. The number of benzene rings is 3. The highest BCUT2D eigenvalue weighted by molar-refractivity contribution is 9.10. The average Bonchev–Trinajstić information content (AvgIpc) is 3.14. The van der Waals surface area contributed by atoms with Crippen LogP contribution in [-0.2, 0) is 6.54 Å². The lowest BCUT2D eigenvalue weighted by Crippen LogP contribution is -2.22. The number of alkyl halides is 3. The Morgan fingerprint density at radius 2 is 1.89 bits per heavy atom. The van der Waals surface area contributed by atoms with Gasteiger partial charge in [-0.15, -0.1) is 13.2 Å². The molecule has 0 spiro atoms. The van der Waals surface area contributed by atoms with Crippen molar-refractivity contribution in [3.05, 3.63) is 92.2 Å². The summed E-state index contributed by atoms with van der Waals surface area (Å²) in [7, 11) is 0. The van der Waals surface area contributed by atoms with E-state index in [4.69, 9.17) is 10.2 Å². The zero-order valence-electron chi connectivity index (χ0n) is 19.6. The van der Waals surface area contributed by atoms with E-state index in [2.05, 4.69) is 31.0 Å². The second kappa shape index (κ2) is 9.53. The lowest BCUT2D eigenvalue weighted by atomic mass is 10.1. The van der Waals surface area contributed by atoms with Crippen LogP contribution in [0.25, 0.3) is 22.0 Å². The Bertz CT molecular complexity index is 1760. The van der Waals surface area contributed by atoms with Crippen LogP contribution < -0.4 is 21.4 Å². The number of anilines is 2. The van der Waals surface area contributed by atoms with E-state index in [1.54, 1.807) is 19.1 Å². The van der Waals surface area contributed by atoms with Gasteiger partial charge in [0.05, 0.1) is 17.6 Å². The number of amides is 1. The van der Waals surface area contributed by atoms with E-state index in [1.165, 1.54) is 24.3 Å². The third kappa shape index (κ3) is 5.07. The molecule has 3 N–H and O–H groups in total. The number of carbonyl (C=O) groups excluding carboxylic acids is 1. The minimum atomic E-state index is -4.80. The molecule has 194 valence electrons. The van der Waals surface area contributed by atoms with Gasteiger partial charge >= 0.3 is 12.0 Å². The first-order chi connectivity index (χ1) is 18.0. The fraction of sp³-hybridized carbons (Fsp3) is 0.115. The Kier molecular flexibility index (Phi) is 6.35. The van der Waals surface area contributed by atoms with Crippen molar-refractivity contribution in [2.24, 2.45) is 5.73 Å². The number of primary amides is 1. The minimum Gasteiger partial charge on any atom is -0.422 e.